The maximum Gasteiger partial charge on any atom is 0.263 e. The van der Waals surface area contributed by atoms with Crippen molar-refractivity contribution in [1.82, 2.24) is 0 Å². The van der Waals surface area contributed by atoms with Crippen LogP contribution in [0, 0.1) is 0 Å². The Hall–Kier alpha value is -0.970. The number of fused-ring (bicyclic) bond motifs is 1. The van der Waals surface area contributed by atoms with Crippen molar-refractivity contribution < 1.29 is 14.3 Å². The maximum absolute atomic E-state index is 11.3. The molecule has 0 amide bonds. The molecule has 0 N–H and O–H groups in total. The number of hydrogen-bond donors (Lipinski definition) is 0. The molecule has 0 atom stereocenters. The van der Waals surface area contributed by atoms with E-state index in [1.165, 1.54) is 11.3 Å². The molecule has 0 saturated heterocycles. The van der Waals surface area contributed by atoms with Crippen LogP contribution in [0.5, 0.6) is 11.5 Å². The van der Waals surface area contributed by atoms with Gasteiger partial charge in [0.2, 0.25) is 0 Å². The Morgan fingerprint density at radius 3 is 2.53 bits per heavy atom. The van der Waals surface area contributed by atoms with E-state index in [9.17, 15) is 4.79 Å². The highest BCUT2D eigenvalue weighted by molar-refractivity contribution is 7.23. The molecule has 3 nitrogen and oxygen atoms in total. The fourth-order valence-corrected chi connectivity index (χ4v) is 3.32. The molecule has 6 heteroatoms. The summed E-state index contributed by atoms with van der Waals surface area (Å²) in [6.07, 6.45) is 0.0240. The Morgan fingerprint density at radius 1 is 1.32 bits per heavy atom. The largest absolute Gasteiger partial charge is 0.493 e. The van der Waals surface area contributed by atoms with Gasteiger partial charge in [-0.05, 0) is 31.5 Å². The highest BCUT2D eigenvalue weighted by atomic mass is 35.5. The van der Waals surface area contributed by atoms with Gasteiger partial charge >= 0.3 is 0 Å². The fourth-order valence-electron chi connectivity index (χ4n) is 1.71. The molecule has 0 bridgehead atoms. The van der Waals surface area contributed by atoms with Crippen molar-refractivity contribution in [3.05, 3.63) is 22.0 Å². The molecular formula is C13H12Cl2O3S. The average molecular weight is 319 g/mol. The Bertz CT molecular complexity index is 634. The zero-order valence-corrected chi connectivity index (χ0v) is 12.9. The number of thiophene rings is 1. The topological polar surface area (TPSA) is 35.5 Å². The van der Waals surface area contributed by atoms with Gasteiger partial charge in [0.15, 0.2) is 11.5 Å². The molecule has 0 aliphatic heterocycles. The third-order valence-corrected chi connectivity index (χ3v) is 4.41. The van der Waals surface area contributed by atoms with E-state index in [0.717, 1.165) is 10.1 Å². The molecule has 2 rings (SSSR count). The average Bonchev–Trinajstić information content (AvgIpc) is 2.64. The Balaban J connectivity index is 2.64. The summed E-state index contributed by atoms with van der Waals surface area (Å²) in [7, 11) is 1.56. The highest BCUT2D eigenvalue weighted by Crippen LogP contribution is 2.42. The van der Waals surface area contributed by atoms with Crippen LogP contribution in [0.15, 0.2) is 12.1 Å². The molecule has 0 saturated carbocycles. The van der Waals surface area contributed by atoms with Crippen molar-refractivity contribution in [2.24, 2.45) is 0 Å². The predicted octanol–water partition coefficient (Wildman–Crippen LogP) is 4.73. The SMILES string of the molecule is COc1cc2c(Cl)c(C(=O)Cl)sc2cc1OC(C)C. The van der Waals surface area contributed by atoms with Crippen LogP contribution in [-0.4, -0.2) is 18.5 Å². The molecule has 1 heterocycles. The van der Waals surface area contributed by atoms with Gasteiger partial charge in [0, 0.05) is 16.2 Å². The van der Waals surface area contributed by atoms with Gasteiger partial charge in [-0.3, -0.25) is 4.79 Å². The minimum atomic E-state index is -0.559. The molecule has 0 aliphatic carbocycles. The summed E-state index contributed by atoms with van der Waals surface area (Å²) in [5.41, 5.74) is 0. The van der Waals surface area contributed by atoms with Gasteiger partial charge in [0.1, 0.15) is 4.88 Å². The van der Waals surface area contributed by atoms with Crippen molar-refractivity contribution in [2.45, 2.75) is 20.0 Å². The van der Waals surface area contributed by atoms with Gasteiger partial charge < -0.3 is 9.47 Å². The van der Waals surface area contributed by atoms with Gasteiger partial charge in [-0.2, -0.15) is 0 Å². The monoisotopic (exact) mass is 318 g/mol. The Labute approximate surface area is 125 Å². The molecule has 0 radical (unpaired) electrons. The van der Waals surface area contributed by atoms with E-state index >= 15 is 0 Å². The first kappa shape index (κ1) is 14.4. The Morgan fingerprint density at radius 2 is 2.00 bits per heavy atom. The van der Waals surface area contributed by atoms with Gasteiger partial charge in [-0.1, -0.05) is 11.6 Å². The minimum absolute atomic E-state index is 0.0240. The lowest BCUT2D eigenvalue weighted by Crippen LogP contribution is -2.06. The summed E-state index contributed by atoms with van der Waals surface area (Å²) in [4.78, 5) is 11.6. The number of hydrogen-bond acceptors (Lipinski definition) is 4. The van der Waals surface area contributed by atoms with E-state index in [4.69, 9.17) is 32.7 Å². The van der Waals surface area contributed by atoms with Crippen LogP contribution in [0.4, 0.5) is 0 Å². The highest BCUT2D eigenvalue weighted by Gasteiger charge is 2.18. The van der Waals surface area contributed by atoms with Crippen LogP contribution in [0.1, 0.15) is 23.5 Å². The normalized spacial score (nSPS) is 11.1. The quantitative estimate of drug-likeness (QED) is 0.764. The second-order valence-electron chi connectivity index (χ2n) is 4.18. The summed E-state index contributed by atoms with van der Waals surface area (Å²) in [5.74, 6) is 1.20. The second kappa shape index (κ2) is 5.57. The number of rotatable bonds is 4. The summed E-state index contributed by atoms with van der Waals surface area (Å²) >= 11 is 12.9. The molecule has 0 fully saturated rings. The van der Waals surface area contributed by atoms with Crippen LogP contribution in [0.3, 0.4) is 0 Å². The zero-order valence-electron chi connectivity index (χ0n) is 10.6. The van der Waals surface area contributed by atoms with E-state index in [-0.39, 0.29) is 6.10 Å². The molecule has 1 aromatic carbocycles. The number of methoxy groups -OCH3 is 1. The number of benzene rings is 1. The van der Waals surface area contributed by atoms with Gasteiger partial charge in [-0.15, -0.1) is 11.3 Å². The number of carbonyl (C=O) groups excluding carboxylic acids is 1. The summed E-state index contributed by atoms with van der Waals surface area (Å²) in [5, 5.41) is 0.537. The standard InChI is InChI=1S/C13H12Cl2O3S/c1-6(2)18-9-5-10-7(4-8(9)17-3)11(14)12(19-10)13(15)16/h4-6H,1-3H3. The predicted molar refractivity (Wildman–Crippen MR) is 79.3 cm³/mol. The third-order valence-electron chi connectivity index (χ3n) is 2.45. The maximum atomic E-state index is 11.3. The summed E-state index contributed by atoms with van der Waals surface area (Å²) in [6, 6.07) is 3.57. The first-order valence-corrected chi connectivity index (χ1v) is 7.17. The third kappa shape index (κ3) is 2.81. The van der Waals surface area contributed by atoms with Gasteiger partial charge in [0.25, 0.3) is 5.24 Å². The molecule has 102 valence electrons. The fraction of sp³-hybridized carbons (Fsp3) is 0.308. The van der Waals surface area contributed by atoms with Crippen molar-refractivity contribution in [3.8, 4) is 11.5 Å². The Kier molecular flexibility index (Phi) is 4.23. The molecule has 0 spiro atoms. The van der Waals surface area contributed by atoms with Crippen molar-refractivity contribution in [1.29, 1.82) is 0 Å². The van der Waals surface area contributed by atoms with E-state index < -0.39 is 5.24 Å². The van der Waals surface area contributed by atoms with Crippen LogP contribution in [0.2, 0.25) is 5.02 Å². The lowest BCUT2D eigenvalue weighted by atomic mass is 10.2. The van der Waals surface area contributed by atoms with E-state index in [0.29, 0.717) is 21.4 Å². The summed E-state index contributed by atoms with van der Waals surface area (Å²) in [6.45, 7) is 3.86. The molecular weight excluding hydrogens is 307 g/mol. The number of ether oxygens (including phenoxy) is 2. The first-order chi connectivity index (χ1) is 8.93. The van der Waals surface area contributed by atoms with Crippen LogP contribution < -0.4 is 9.47 Å². The lowest BCUT2D eigenvalue weighted by molar-refractivity contribution is 0.108. The van der Waals surface area contributed by atoms with E-state index in [2.05, 4.69) is 0 Å². The number of halogens is 2. The lowest BCUT2D eigenvalue weighted by Gasteiger charge is -2.13. The molecule has 19 heavy (non-hydrogen) atoms. The zero-order chi connectivity index (χ0) is 14.2. The van der Waals surface area contributed by atoms with Crippen LogP contribution in [0.25, 0.3) is 10.1 Å². The number of carbonyl (C=O) groups is 1. The van der Waals surface area contributed by atoms with Crippen molar-refractivity contribution in [3.63, 3.8) is 0 Å². The minimum Gasteiger partial charge on any atom is -0.493 e. The van der Waals surface area contributed by atoms with E-state index in [1.54, 1.807) is 13.2 Å². The van der Waals surface area contributed by atoms with Crippen molar-refractivity contribution >= 4 is 49.9 Å². The van der Waals surface area contributed by atoms with E-state index in [1.807, 2.05) is 19.9 Å². The molecule has 2 aromatic rings. The first-order valence-electron chi connectivity index (χ1n) is 5.60. The second-order valence-corrected chi connectivity index (χ2v) is 5.96. The van der Waals surface area contributed by atoms with Crippen LogP contribution >= 0.6 is 34.5 Å². The van der Waals surface area contributed by atoms with Crippen molar-refractivity contribution in [2.75, 3.05) is 7.11 Å². The smallest absolute Gasteiger partial charge is 0.263 e. The molecule has 0 aliphatic rings. The summed E-state index contributed by atoms with van der Waals surface area (Å²) < 4.78 is 11.8. The molecule has 1 aromatic heterocycles. The van der Waals surface area contributed by atoms with Gasteiger partial charge in [0.05, 0.1) is 18.2 Å². The van der Waals surface area contributed by atoms with Gasteiger partial charge in [-0.25, -0.2) is 0 Å². The van der Waals surface area contributed by atoms with Crippen LogP contribution in [-0.2, 0) is 0 Å². The molecule has 0 unspecified atom stereocenters.